The lowest BCUT2D eigenvalue weighted by Gasteiger charge is -2.10. The van der Waals surface area contributed by atoms with Crippen molar-refractivity contribution in [2.75, 3.05) is 13.2 Å². The number of ether oxygens (including phenoxy) is 1. The summed E-state index contributed by atoms with van der Waals surface area (Å²) in [6.07, 6.45) is 16.5. The number of rotatable bonds is 18. The lowest BCUT2D eigenvalue weighted by molar-refractivity contribution is -0.144. The summed E-state index contributed by atoms with van der Waals surface area (Å²) >= 11 is 0. The van der Waals surface area contributed by atoms with Crippen LogP contribution >= 0.6 is 0 Å². The lowest BCUT2D eigenvalue weighted by atomic mass is 10.0. The van der Waals surface area contributed by atoms with Gasteiger partial charge in [0, 0.05) is 6.42 Å². The molecule has 2 N–H and O–H groups in total. The highest BCUT2D eigenvalue weighted by atomic mass is 16.5. The first-order chi connectivity index (χ1) is 11.7. The number of hydrogen-bond donors (Lipinski definition) is 2. The molecule has 0 saturated carbocycles. The zero-order valence-corrected chi connectivity index (χ0v) is 15.8. The van der Waals surface area contributed by atoms with Gasteiger partial charge in [-0.1, -0.05) is 77.6 Å². The van der Waals surface area contributed by atoms with Crippen LogP contribution in [-0.2, 0) is 9.53 Å². The van der Waals surface area contributed by atoms with E-state index in [0.717, 1.165) is 32.1 Å². The van der Waals surface area contributed by atoms with Gasteiger partial charge in [0.15, 0.2) is 0 Å². The lowest BCUT2D eigenvalue weighted by Crippen LogP contribution is -2.07. The van der Waals surface area contributed by atoms with E-state index in [1.807, 2.05) is 0 Å². The van der Waals surface area contributed by atoms with Gasteiger partial charge < -0.3 is 14.9 Å². The zero-order valence-electron chi connectivity index (χ0n) is 15.8. The molecule has 0 heterocycles. The summed E-state index contributed by atoms with van der Waals surface area (Å²) in [4.78, 5) is 11.2. The fourth-order valence-electron chi connectivity index (χ4n) is 2.89. The monoisotopic (exact) mass is 344 g/mol. The SMILES string of the molecule is CCCCCC[C@H](O)CCCCCCCCCCC(=O)OCCO. The molecule has 0 saturated heterocycles. The van der Waals surface area contributed by atoms with Crippen LogP contribution in [0.5, 0.6) is 0 Å². The molecular weight excluding hydrogens is 304 g/mol. The van der Waals surface area contributed by atoms with Crippen LogP contribution in [0.3, 0.4) is 0 Å². The Morgan fingerprint density at radius 1 is 0.833 bits per heavy atom. The topological polar surface area (TPSA) is 66.8 Å². The second kappa shape index (κ2) is 18.7. The maximum absolute atomic E-state index is 11.2. The average molecular weight is 345 g/mol. The second-order valence-electron chi connectivity index (χ2n) is 6.81. The van der Waals surface area contributed by atoms with Gasteiger partial charge >= 0.3 is 5.97 Å². The molecule has 1 atom stereocenters. The average Bonchev–Trinajstić information content (AvgIpc) is 2.58. The fourth-order valence-corrected chi connectivity index (χ4v) is 2.89. The molecule has 0 aromatic rings. The van der Waals surface area contributed by atoms with Crippen LogP contribution in [0.2, 0.25) is 0 Å². The van der Waals surface area contributed by atoms with E-state index in [0.29, 0.717) is 6.42 Å². The van der Waals surface area contributed by atoms with Crippen molar-refractivity contribution in [2.24, 2.45) is 0 Å². The molecule has 0 aromatic carbocycles. The first-order valence-corrected chi connectivity index (χ1v) is 10.1. The van der Waals surface area contributed by atoms with E-state index in [-0.39, 0.29) is 25.3 Å². The summed E-state index contributed by atoms with van der Waals surface area (Å²) in [6, 6.07) is 0. The minimum Gasteiger partial charge on any atom is -0.463 e. The summed E-state index contributed by atoms with van der Waals surface area (Å²) in [7, 11) is 0. The molecule has 144 valence electrons. The van der Waals surface area contributed by atoms with Crippen molar-refractivity contribution in [3.05, 3.63) is 0 Å². The van der Waals surface area contributed by atoms with Gasteiger partial charge in [0.05, 0.1) is 12.7 Å². The predicted molar refractivity (Wildman–Crippen MR) is 99.0 cm³/mol. The van der Waals surface area contributed by atoms with Crippen LogP contribution in [0.15, 0.2) is 0 Å². The van der Waals surface area contributed by atoms with Gasteiger partial charge in [0.2, 0.25) is 0 Å². The van der Waals surface area contributed by atoms with Crippen LogP contribution in [0.1, 0.15) is 103 Å². The Balaban J connectivity index is 3.18. The quantitative estimate of drug-likeness (QED) is 0.278. The van der Waals surface area contributed by atoms with Crippen LogP contribution < -0.4 is 0 Å². The van der Waals surface area contributed by atoms with Crippen molar-refractivity contribution < 1.29 is 19.7 Å². The molecule has 0 aliphatic heterocycles. The standard InChI is InChI=1S/C20H40O4/c1-2-3-4-11-14-19(22)15-12-9-7-5-6-8-10-13-16-20(23)24-18-17-21/h19,21-22H,2-18H2,1H3/t19-/m0/s1. The first-order valence-electron chi connectivity index (χ1n) is 10.1. The third kappa shape index (κ3) is 17.7. The van der Waals surface area contributed by atoms with E-state index in [2.05, 4.69) is 6.92 Å². The number of aliphatic hydroxyl groups is 2. The maximum atomic E-state index is 11.2. The molecule has 0 amide bonds. The summed E-state index contributed by atoms with van der Waals surface area (Å²) in [5.74, 6) is -0.197. The molecule has 0 aliphatic carbocycles. The number of unbranched alkanes of at least 4 members (excludes halogenated alkanes) is 10. The largest absolute Gasteiger partial charge is 0.463 e. The number of carbonyl (C=O) groups excluding carboxylic acids is 1. The summed E-state index contributed by atoms with van der Waals surface area (Å²) < 4.78 is 4.81. The Bertz CT molecular complexity index is 268. The van der Waals surface area contributed by atoms with E-state index < -0.39 is 0 Å². The zero-order chi connectivity index (χ0) is 17.9. The normalized spacial score (nSPS) is 12.3. The van der Waals surface area contributed by atoms with E-state index in [1.165, 1.54) is 57.8 Å². The van der Waals surface area contributed by atoms with Crippen LogP contribution in [0.4, 0.5) is 0 Å². The second-order valence-corrected chi connectivity index (χ2v) is 6.81. The van der Waals surface area contributed by atoms with E-state index in [4.69, 9.17) is 9.84 Å². The molecule has 24 heavy (non-hydrogen) atoms. The van der Waals surface area contributed by atoms with Gasteiger partial charge in [-0.05, 0) is 19.3 Å². The highest BCUT2D eigenvalue weighted by Crippen LogP contribution is 2.14. The molecule has 0 unspecified atom stereocenters. The van der Waals surface area contributed by atoms with E-state index in [9.17, 15) is 9.90 Å². The van der Waals surface area contributed by atoms with Crippen LogP contribution in [-0.4, -0.2) is 35.5 Å². The third-order valence-electron chi connectivity index (χ3n) is 4.41. The Morgan fingerprint density at radius 2 is 1.33 bits per heavy atom. The number of esters is 1. The molecule has 0 bridgehead atoms. The molecule has 0 fully saturated rings. The Kier molecular flexibility index (Phi) is 18.2. The molecule has 4 nitrogen and oxygen atoms in total. The van der Waals surface area contributed by atoms with E-state index in [1.54, 1.807) is 0 Å². The number of aliphatic hydroxyl groups excluding tert-OH is 2. The molecule has 4 heteroatoms. The highest BCUT2D eigenvalue weighted by molar-refractivity contribution is 5.69. The smallest absolute Gasteiger partial charge is 0.305 e. The van der Waals surface area contributed by atoms with Gasteiger partial charge in [-0.2, -0.15) is 0 Å². The van der Waals surface area contributed by atoms with E-state index >= 15 is 0 Å². The van der Waals surface area contributed by atoms with Crippen LogP contribution in [0.25, 0.3) is 0 Å². The van der Waals surface area contributed by atoms with Crippen molar-refractivity contribution in [3.63, 3.8) is 0 Å². The Morgan fingerprint density at radius 3 is 1.88 bits per heavy atom. The number of carbonyl (C=O) groups is 1. The van der Waals surface area contributed by atoms with Gasteiger partial charge in [-0.25, -0.2) is 0 Å². The van der Waals surface area contributed by atoms with Gasteiger partial charge in [-0.3, -0.25) is 4.79 Å². The molecular formula is C20H40O4. The Hall–Kier alpha value is -0.610. The van der Waals surface area contributed by atoms with Crippen molar-refractivity contribution in [1.82, 2.24) is 0 Å². The van der Waals surface area contributed by atoms with Gasteiger partial charge in [0.1, 0.15) is 6.61 Å². The summed E-state index contributed by atoms with van der Waals surface area (Å²) in [6.45, 7) is 2.23. The Labute approximate surface area is 149 Å². The maximum Gasteiger partial charge on any atom is 0.305 e. The fraction of sp³-hybridized carbons (Fsp3) is 0.950. The van der Waals surface area contributed by atoms with Crippen LogP contribution in [0, 0.1) is 0 Å². The van der Waals surface area contributed by atoms with Gasteiger partial charge in [-0.15, -0.1) is 0 Å². The van der Waals surface area contributed by atoms with Crippen molar-refractivity contribution in [1.29, 1.82) is 0 Å². The molecule has 0 aliphatic rings. The minimum atomic E-state index is -0.197. The highest BCUT2D eigenvalue weighted by Gasteiger charge is 2.04. The first kappa shape index (κ1) is 23.4. The molecule has 0 spiro atoms. The molecule has 0 aromatic heterocycles. The number of hydrogen-bond acceptors (Lipinski definition) is 4. The van der Waals surface area contributed by atoms with Crippen molar-refractivity contribution in [2.45, 2.75) is 109 Å². The molecule has 0 radical (unpaired) electrons. The summed E-state index contributed by atoms with van der Waals surface area (Å²) in [5.41, 5.74) is 0. The summed E-state index contributed by atoms with van der Waals surface area (Å²) in [5, 5.41) is 18.4. The predicted octanol–water partition coefficient (Wildman–Crippen LogP) is 4.75. The minimum absolute atomic E-state index is 0.0903. The third-order valence-corrected chi connectivity index (χ3v) is 4.41. The molecule has 0 rings (SSSR count). The van der Waals surface area contributed by atoms with Crippen molar-refractivity contribution >= 4 is 5.97 Å². The van der Waals surface area contributed by atoms with Crippen molar-refractivity contribution in [3.8, 4) is 0 Å². The van der Waals surface area contributed by atoms with Gasteiger partial charge in [0.25, 0.3) is 0 Å².